The van der Waals surface area contributed by atoms with Crippen LogP contribution in [0.15, 0.2) is 42.5 Å². The zero-order valence-corrected chi connectivity index (χ0v) is 12.2. The molecule has 0 fully saturated rings. The van der Waals surface area contributed by atoms with E-state index >= 15 is 0 Å². The fourth-order valence-electron chi connectivity index (χ4n) is 2.06. The second kappa shape index (κ2) is 5.61. The SMILES string of the molecule is Cc1ccc2nc(NC(=O)Cc3ccccc3F)sc2c1. The van der Waals surface area contributed by atoms with E-state index < -0.39 is 0 Å². The molecule has 1 heterocycles. The molecule has 106 valence electrons. The molecule has 1 aromatic heterocycles. The molecular formula is C16H13FN2OS. The van der Waals surface area contributed by atoms with Gasteiger partial charge in [0.1, 0.15) is 5.82 Å². The first-order valence-corrected chi connectivity index (χ1v) is 7.34. The highest BCUT2D eigenvalue weighted by atomic mass is 32.1. The predicted molar refractivity (Wildman–Crippen MR) is 83.1 cm³/mol. The number of hydrogen-bond donors (Lipinski definition) is 1. The maximum atomic E-state index is 13.5. The van der Waals surface area contributed by atoms with E-state index in [1.54, 1.807) is 18.2 Å². The molecule has 21 heavy (non-hydrogen) atoms. The van der Waals surface area contributed by atoms with Crippen LogP contribution in [-0.2, 0) is 11.2 Å². The molecule has 0 aliphatic heterocycles. The number of benzene rings is 2. The van der Waals surface area contributed by atoms with Crippen molar-refractivity contribution in [2.75, 3.05) is 5.32 Å². The lowest BCUT2D eigenvalue weighted by Crippen LogP contribution is -2.14. The molecule has 0 radical (unpaired) electrons. The fraction of sp³-hybridized carbons (Fsp3) is 0.125. The highest BCUT2D eigenvalue weighted by molar-refractivity contribution is 7.22. The molecule has 0 spiro atoms. The second-order valence-electron chi connectivity index (χ2n) is 4.81. The van der Waals surface area contributed by atoms with Crippen molar-refractivity contribution in [1.82, 2.24) is 4.98 Å². The van der Waals surface area contributed by atoms with Crippen LogP contribution in [-0.4, -0.2) is 10.9 Å². The molecule has 0 unspecified atom stereocenters. The normalized spacial score (nSPS) is 10.8. The van der Waals surface area contributed by atoms with E-state index in [9.17, 15) is 9.18 Å². The summed E-state index contributed by atoms with van der Waals surface area (Å²) in [7, 11) is 0. The Kier molecular flexibility index (Phi) is 3.66. The Morgan fingerprint density at radius 1 is 1.29 bits per heavy atom. The van der Waals surface area contributed by atoms with Crippen molar-refractivity contribution in [3.05, 3.63) is 59.4 Å². The van der Waals surface area contributed by atoms with E-state index in [2.05, 4.69) is 10.3 Å². The van der Waals surface area contributed by atoms with E-state index in [0.717, 1.165) is 15.8 Å². The first kappa shape index (κ1) is 13.7. The molecule has 3 aromatic rings. The first-order chi connectivity index (χ1) is 10.1. The average Bonchev–Trinajstić information content (AvgIpc) is 2.82. The van der Waals surface area contributed by atoms with Crippen LogP contribution >= 0.6 is 11.3 Å². The fourth-order valence-corrected chi connectivity index (χ4v) is 3.04. The third kappa shape index (κ3) is 3.08. The number of carbonyl (C=O) groups excluding carboxylic acids is 1. The Morgan fingerprint density at radius 3 is 2.90 bits per heavy atom. The summed E-state index contributed by atoms with van der Waals surface area (Å²) in [6.07, 6.45) is 0.00161. The summed E-state index contributed by atoms with van der Waals surface area (Å²) in [5.74, 6) is -0.636. The summed E-state index contributed by atoms with van der Waals surface area (Å²) in [4.78, 5) is 16.3. The summed E-state index contributed by atoms with van der Waals surface area (Å²) in [6.45, 7) is 2.01. The Labute approximate surface area is 125 Å². The number of carbonyl (C=O) groups is 1. The lowest BCUT2D eigenvalue weighted by atomic mass is 10.1. The molecule has 0 saturated heterocycles. The molecule has 0 aliphatic rings. The minimum Gasteiger partial charge on any atom is -0.302 e. The number of rotatable bonds is 3. The van der Waals surface area contributed by atoms with Gasteiger partial charge in [-0.1, -0.05) is 35.6 Å². The van der Waals surface area contributed by atoms with Gasteiger partial charge in [0.15, 0.2) is 5.13 Å². The number of amides is 1. The van der Waals surface area contributed by atoms with Gasteiger partial charge < -0.3 is 5.32 Å². The number of thiazole rings is 1. The number of aromatic nitrogens is 1. The number of nitrogens with one attached hydrogen (secondary N) is 1. The molecule has 0 saturated carbocycles. The third-order valence-corrected chi connectivity index (χ3v) is 4.03. The molecular weight excluding hydrogens is 287 g/mol. The van der Waals surface area contributed by atoms with Gasteiger partial charge in [0.05, 0.1) is 16.6 Å². The molecule has 5 heteroatoms. The third-order valence-electron chi connectivity index (χ3n) is 3.10. The summed E-state index contributed by atoms with van der Waals surface area (Å²) in [5, 5.41) is 3.27. The highest BCUT2D eigenvalue weighted by Gasteiger charge is 2.10. The van der Waals surface area contributed by atoms with Gasteiger partial charge in [-0.25, -0.2) is 9.37 Å². The van der Waals surface area contributed by atoms with Crippen LogP contribution in [0.3, 0.4) is 0 Å². The zero-order chi connectivity index (χ0) is 14.8. The van der Waals surface area contributed by atoms with Crippen molar-refractivity contribution < 1.29 is 9.18 Å². The summed E-state index contributed by atoms with van der Waals surface area (Å²) in [5.41, 5.74) is 2.38. The minimum absolute atomic E-state index is 0.00161. The standard InChI is InChI=1S/C16H13FN2OS/c1-10-6-7-13-14(8-10)21-16(18-13)19-15(20)9-11-4-2-3-5-12(11)17/h2-8H,9H2,1H3,(H,18,19,20). The molecule has 0 atom stereocenters. The quantitative estimate of drug-likeness (QED) is 0.796. The van der Waals surface area contributed by atoms with Gasteiger partial charge in [-0.15, -0.1) is 0 Å². The zero-order valence-electron chi connectivity index (χ0n) is 11.4. The van der Waals surface area contributed by atoms with Gasteiger partial charge in [-0.2, -0.15) is 0 Å². The number of halogens is 1. The van der Waals surface area contributed by atoms with Gasteiger partial charge in [0.2, 0.25) is 5.91 Å². The average molecular weight is 300 g/mol. The largest absolute Gasteiger partial charge is 0.302 e. The van der Waals surface area contributed by atoms with Crippen LogP contribution < -0.4 is 5.32 Å². The smallest absolute Gasteiger partial charge is 0.230 e. The van der Waals surface area contributed by atoms with E-state index in [-0.39, 0.29) is 18.1 Å². The molecule has 3 nitrogen and oxygen atoms in total. The predicted octanol–water partition coefficient (Wildman–Crippen LogP) is 3.93. The Balaban J connectivity index is 1.75. The van der Waals surface area contributed by atoms with Crippen LogP contribution in [0.4, 0.5) is 9.52 Å². The van der Waals surface area contributed by atoms with Crippen molar-refractivity contribution in [3.63, 3.8) is 0 Å². The molecule has 1 amide bonds. The number of fused-ring (bicyclic) bond motifs is 1. The van der Waals surface area contributed by atoms with E-state index in [1.165, 1.54) is 17.4 Å². The number of hydrogen-bond acceptors (Lipinski definition) is 3. The Morgan fingerprint density at radius 2 is 2.10 bits per heavy atom. The van der Waals surface area contributed by atoms with E-state index in [0.29, 0.717) is 10.7 Å². The molecule has 3 rings (SSSR count). The highest BCUT2D eigenvalue weighted by Crippen LogP contribution is 2.26. The van der Waals surface area contributed by atoms with Crippen molar-refractivity contribution in [1.29, 1.82) is 0 Å². The van der Waals surface area contributed by atoms with Crippen LogP contribution in [0.25, 0.3) is 10.2 Å². The Bertz CT molecular complexity index is 813. The summed E-state index contributed by atoms with van der Waals surface area (Å²) >= 11 is 1.42. The number of anilines is 1. The van der Waals surface area contributed by atoms with Crippen molar-refractivity contribution in [2.24, 2.45) is 0 Å². The lowest BCUT2D eigenvalue weighted by molar-refractivity contribution is -0.115. The molecule has 0 bridgehead atoms. The number of aryl methyl sites for hydroxylation is 1. The topological polar surface area (TPSA) is 42.0 Å². The lowest BCUT2D eigenvalue weighted by Gasteiger charge is -2.02. The summed E-state index contributed by atoms with van der Waals surface area (Å²) in [6, 6.07) is 12.2. The van der Waals surface area contributed by atoms with Crippen molar-refractivity contribution in [3.8, 4) is 0 Å². The van der Waals surface area contributed by atoms with Gasteiger partial charge in [0, 0.05) is 0 Å². The molecule has 0 aliphatic carbocycles. The van der Waals surface area contributed by atoms with Gasteiger partial charge >= 0.3 is 0 Å². The van der Waals surface area contributed by atoms with Crippen molar-refractivity contribution >= 4 is 32.6 Å². The van der Waals surface area contributed by atoms with Crippen molar-refractivity contribution in [2.45, 2.75) is 13.3 Å². The van der Waals surface area contributed by atoms with Gasteiger partial charge in [-0.05, 0) is 36.2 Å². The van der Waals surface area contributed by atoms with E-state index in [4.69, 9.17) is 0 Å². The van der Waals surface area contributed by atoms with Crippen LogP contribution in [0, 0.1) is 12.7 Å². The number of nitrogens with zero attached hydrogens (tertiary/aromatic N) is 1. The summed E-state index contributed by atoms with van der Waals surface area (Å²) < 4.78 is 14.5. The Hall–Kier alpha value is -2.27. The van der Waals surface area contributed by atoms with Crippen LogP contribution in [0.5, 0.6) is 0 Å². The monoisotopic (exact) mass is 300 g/mol. The first-order valence-electron chi connectivity index (χ1n) is 6.52. The second-order valence-corrected chi connectivity index (χ2v) is 5.84. The van der Waals surface area contributed by atoms with Gasteiger partial charge in [-0.3, -0.25) is 4.79 Å². The molecule has 1 N–H and O–H groups in total. The maximum Gasteiger partial charge on any atom is 0.230 e. The van der Waals surface area contributed by atoms with Crippen LogP contribution in [0.2, 0.25) is 0 Å². The molecule has 2 aromatic carbocycles. The minimum atomic E-state index is -0.368. The van der Waals surface area contributed by atoms with Gasteiger partial charge in [0.25, 0.3) is 0 Å². The van der Waals surface area contributed by atoms with Crippen LogP contribution in [0.1, 0.15) is 11.1 Å². The van der Waals surface area contributed by atoms with E-state index in [1.807, 2.05) is 25.1 Å². The maximum absolute atomic E-state index is 13.5.